The predicted molar refractivity (Wildman–Crippen MR) is 169 cm³/mol. The van der Waals surface area contributed by atoms with Crippen molar-refractivity contribution in [3.8, 4) is 0 Å². The van der Waals surface area contributed by atoms with Gasteiger partial charge in [0.2, 0.25) is 0 Å². The van der Waals surface area contributed by atoms with Crippen molar-refractivity contribution in [1.29, 1.82) is 0 Å². The molecular weight excluding hydrogens is 639 g/mol. The van der Waals surface area contributed by atoms with Crippen molar-refractivity contribution >= 4 is 86.4 Å². The quantitative estimate of drug-likeness (QED) is 0.0427. The average Bonchev–Trinajstić information content (AvgIpc) is 2.89. The minimum absolute atomic E-state index is 0. The molecule has 0 aromatic rings. The zero-order valence-corrected chi connectivity index (χ0v) is 29.0. The second-order valence-electron chi connectivity index (χ2n) is 8.88. The van der Waals surface area contributed by atoms with Crippen LogP contribution < -0.4 is 56.1 Å². The van der Waals surface area contributed by atoms with Gasteiger partial charge in [0.1, 0.15) is 12.1 Å². The molecular formula is C24H56CaCl2N8O8. The molecule has 0 aliphatic rings. The molecule has 0 saturated carbocycles. The van der Waals surface area contributed by atoms with Gasteiger partial charge in [0, 0.05) is 12.1 Å². The van der Waals surface area contributed by atoms with E-state index in [1.54, 1.807) is 0 Å². The fourth-order valence-electron chi connectivity index (χ4n) is 2.52. The molecule has 0 aliphatic heterocycles. The molecule has 0 unspecified atom stereocenters. The zero-order valence-electron chi connectivity index (χ0n) is 25.1. The van der Waals surface area contributed by atoms with Gasteiger partial charge in [0.15, 0.2) is 0 Å². The summed E-state index contributed by atoms with van der Waals surface area (Å²) in [7, 11) is 0. The number of carbonyl (C=O) groups is 4. The average molecular weight is 696 g/mol. The Bertz CT molecular complexity index is 546. The maximum absolute atomic E-state index is 10.1. The van der Waals surface area contributed by atoms with Crippen LogP contribution in [0.3, 0.4) is 0 Å². The third-order valence-corrected chi connectivity index (χ3v) is 5.12. The van der Waals surface area contributed by atoms with E-state index in [-0.39, 0.29) is 62.6 Å². The van der Waals surface area contributed by atoms with E-state index in [1.807, 2.05) is 0 Å². The SMILES string of the molecule is Cl.Cl.NCCCC[C@H](N)C(=O)O.NCCCC[C@H](N)C(=O)O.NCCCC[C@H](N)C(=O)[O-].NCCCC[C@H](N)C(=O)[O-].[Ca+2]. The molecule has 4 atom stereocenters. The molecule has 0 radical (unpaired) electrons. The summed E-state index contributed by atoms with van der Waals surface area (Å²) < 4.78 is 0. The molecule has 0 bridgehead atoms. The maximum atomic E-state index is 10.1. The van der Waals surface area contributed by atoms with Gasteiger partial charge in [-0.05, 0) is 77.5 Å². The fraction of sp³-hybridized carbons (Fsp3) is 0.833. The second kappa shape index (κ2) is 43.5. The number of hydrogen-bond donors (Lipinski definition) is 10. The summed E-state index contributed by atoms with van der Waals surface area (Å²) in [6.45, 7) is 2.37. The third kappa shape index (κ3) is 51.3. The Kier molecular flexibility index (Phi) is 58.7. The molecule has 16 nitrogen and oxygen atoms in total. The molecule has 0 heterocycles. The smallest absolute Gasteiger partial charge is 0.548 e. The Morgan fingerprint density at radius 3 is 0.791 bits per heavy atom. The standard InChI is InChI=1S/4C6H14N2O2.Ca.2ClH/c4*7-4-2-1-3-5(8)6(9)10;;;/h4*5H,1-4,7-8H2,(H,9,10);;2*1H/q;;;;+2;;/p-2/t4*5-;;;/m0000.../s1. The van der Waals surface area contributed by atoms with Crippen molar-refractivity contribution in [2.24, 2.45) is 45.9 Å². The Labute approximate surface area is 297 Å². The van der Waals surface area contributed by atoms with Crippen molar-refractivity contribution in [2.75, 3.05) is 26.2 Å². The van der Waals surface area contributed by atoms with Gasteiger partial charge in [-0.15, -0.1) is 24.8 Å². The van der Waals surface area contributed by atoms with Gasteiger partial charge in [-0.2, -0.15) is 0 Å². The number of carbonyl (C=O) groups excluding carboxylic acids is 2. The van der Waals surface area contributed by atoms with Crippen LogP contribution in [0, 0.1) is 0 Å². The van der Waals surface area contributed by atoms with E-state index in [0.717, 1.165) is 51.4 Å². The summed E-state index contributed by atoms with van der Waals surface area (Å²) >= 11 is 0. The van der Waals surface area contributed by atoms with Gasteiger partial charge in [0.05, 0.1) is 11.9 Å². The molecule has 0 fully saturated rings. The fourth-order valence-corrected chi connectivity index (χ4v) is 2.52. The molecule has 19 heteroatoms. The summed E-state index contributed by atoms with van der Waals surface area (Å²) in [5, 5.41) is 36.7. The normalized spacial score (nSPS) is 12.1. The van der Waals surface area contributed by atoms with Gasteiger partial charge >= 0.3 is 49.7 Å². The number of hydrogen-bond acceptors (Lipinski definition) is 14. The van der Waals surface area contributed by atoms with Crippen LogP contribution in [0.1, 0.15) is 77.0 Å². The molecule has 0 aromatic carbocycles. The summed E-state index contributed by atoms with van der Waals surface area (Å²) in [4.78, 5) is 40.3. The predicted octanol–water partition coefficient (Wildman–Crippen LogP) is -4.10. The minimum Gasteiger partial charge on any atom is -0.548 e. The Hall–Kier alpha value is -0.600. The van der Waals surface area contributed by atoms with E-state index < -0.39 is 48.0 Å². The van der Waals surface area contributed by atoms with Crippen molar-refractivity contribution in [3.63, 3.8) is 0 Å². The molecule has 0 amide bonds. The summed E-state index contributed by atoms with van der Waals surface area (Å²) in [5.74, 6) is -4.23. The van der Waals surface area contributed by atoms with E-state index in [1.165, 1.54) is 0 Å². The van der Waals surface area contributed by atoms with Gasteiger partial charge in [-0.25, -0.2) is 0 Å². The first kappa shape index (κ1) is 58.0. The zero-order chi connectivity index (χ0) is 31.9. The topological polar surface area (TPSA) is 363 Å². The summed E-state index contributed by atoms with van der Waals surface area (Å²) in [6, 6.07) is -3.09. The van der Waals surface area contributed by atoms with Crippen molar-refractivity contribution in [1.82, 2.24) is 0 Å². The molecule has 0 spiro atoms. The largest absolute Gasteiger partial charge is 2.00 e. The van der Waals surface area contributed by atoms with Gasteiger partial charge in [-0.1, -0.05) is 25.7 Å². The maximum Gasteiger partial charge on any atom is 2.00 e. The van der Waals surface area contributed by atoms with Crippen LogP contribution in [-0.4, -0.2) is 122 Å². The van der Waals surface area contributed by atoms with Crippen LogP contribution in [0.25, 0.3) is 0 Å². The Morgan fingerprint density at radius 1 is 0.465 bits per heavy atom. The van der Waals surface area contributed by atoms with Crippen LogP contribution in [0.4, 0.5) is 0 Å². The molecule has 43 heavy (non-hydrogen) atoms. The molecule has 0 rings (SSSR count). The van der Waals surface area contributed by atoms with Crippen molar-refractivity contribution < 1.29 is 39.6 Å². The van der Waals surface area contributed by atoms with Crippen LogP contribution in [0.2, 0.25) is 0 Å². The number of carboxylic acids is 4. The number of aliphatic carboxylic acids is 4. The van der Waals surface area contributed by atoms with Crippen molar-refractivity contribution in [2.45, 2.75) is 101 Å². The minimum atomic E-state index is -1.18. The van der Waals surface area contributed by atoms with E-state index >= 15 is 0 Å². The third-order valence-electron chi connectivity index (χ3n) is 5.12. The summed E-state index contributed by atoms with van der Waals surface area (Å²) in [6.07, 6.45) is 8.40. The number of rotatable bonds is 20. The van der Waals surface area contributed by atoms with Crippen LogP contribution >= 0.6 is 24.8 Å². The number of unbranched alkanes of at least 4 members (excludes halogenated alkanes) is 4. The van der Waals surface area contributed by atoms with E-state index in [2.05, 4.69) is 0 Å². The van der Waals surface area contributed by atoms with Crippen molar-refractivity contribution in [3.05, 3.63) is 0 Å². The van der Waals surface area contributed by atoms with Crippen LogP contribution in [-0.2, 0) is 19.2 Å². The first-order chi connectivity index (χ1) is 18.7. The van der Waals surface area contributed by atoms with E-state index in [9.17, 15) is 29.4 Å². The molecule has 256 valence electrons. The number of nitrogens with two attached hydrogens (primary N) is 8. The molecule has 0 saturated heterocycles. The number of carboxylic acid groups (broad SMARTS) is 4. The Morgan fingerprint density at radius 2 is 0.651 bits per heavy atom. The monoisotopic (exact) mass is 694 g/mol. The van der Waals surface area contributed by atoms with E-state index in [0.29, 0.717) is 51.9 Å². The molecule has 0 aliphatic carbocycles. The van der Waals surface area contributed by atoms with Gasteiger partial charge in [0.25, 0.3) is 0 Å². The van der Waals surface area contributed by atoms with Gasteiger partial charge < -0.3 is 75.9 Å². The van der Waals surface area contributed by atoms with Crippen LogP contribution in [0.15, 0.2) is 0 Å². The molecule has 0 aromatic heterocycles. The first-order valence-electron chi connectivity index (χ1n) is 13.4. The molecule has 18 N–H and O–H groups in total. The first-order valence-corrected chi connectivity index (χ1v) is 13.4. The number of halogens is 2. The van der Waals surface area contributed by atoms with Gasteiger partial charge in [-0.3, -0.25) is 9.59 Å². The summed E-state index contributed by atoms with van der Waals surface area (Å²) in [5.41, 5.74) is 41.5. The van der Waals surface area contributed by atoms with Crippen LogP contribution in [0.5, 0.6) is 0 Å². The van der Waals surface area contributed by atoms with E-state index in [4.69, 9.17) is 56.1 Å². The Balaban J connectivity index is -0.0000000785. The second-order valence-corrected chi connectivity index (χ2v) is 8.88.